The van der Waals surface area contributed by atoms with Crippen LogP contribution >= 0.6 is 0 Å². The van der Waals surface area contributed by atoms with E-state index >= 15 is 0 Å². The van der Waals surface area contributed by atoms with Crippen LogP contribution in [0.5, 0.6) is 0 Å². The summed E-state index contributed by atoms with van der Waals surface area (Å²) in [5.74, 6) is -0.0436. The molecule has 0 atom stereocenters. The molecule has 0 aromatic carbocycles. The summed E-state index contributed by atoms with van der Waals surface area (Å²) >= 11 is 0. The molecule has 2 aromatic rings. The van der Waals surface area contributed by atoms with Gasteiger partial charge < -0.3 is 9.30 Å². The predicted octanol–water partition coefficient (Wildman–Crippen LogP) is 4.02. The van der Waals surface area contributed by atoms with Crippen LogP contribution in [-0.2, 0) is 4.79 Å². The van der Waals surface area contributed by atoms with E-state index in [0.717, 1.165) is 53.3 Å². The zero-order valence-electron chi connectivity index (χ0n) is 17.2. The molecule has 0 N–H and O–H groups in total. The number of allylic oxidation sites excluding steroid dienone is 7. The molecule has 3 aliphatic rings. The summed E-state index contributed by atoms with van der Waals surface area (Å²) in [6.45, 7) is 3.96. The predicted molar refractivity (Wildman–Crippen MR) is 119 cm³/mol. The third kappa shape index (κ3) is 3.48. The molecule has 5 heterocycles. The smallest absolute Gasteiger partial charge is 0.255 e. The highest BCUT2D eigenvalue weighted by molar-refractivity contribution is 6.00. The third-order valence-corrected chi connectivity index (χ3v) is 5.73. The van der Waals surface area contributed by atoms with Crippen molar-refractivity contribution in [2.24, 2.45) is 0 Å². The van der Waals surface area contributed by atoms with Crippen LogP contribution in [0.3, 0.4) is 0 Å². The Hall–Kier alpha value is -3.44. The number of fused-ring (bicyclic) bond motifs is 2. The molecule has 30 heavy (non-hydrogen) atoms. The lowest BCUT2D eigenvalue weighted by atomic mass is 9.97. The Kier molecular flexibility index (Phi) is 4.60. The molecule has 0 spiro atoms. The highest BCUT2D eigenvalue weighted by Gasteiger charge is 2.21. The van der Waals surface area contributed by atoms with E-state index in [0.29, 0.717) is 0 Å². The summed E-state index contributed by atoms with van der Waals surface area (Å²) in [6.07, 6.45) is 21.1. The quantitative estimate of drug-likeness (QED) is 0.770. The minimum absolute atomic E-state index is 0.0436. The summed E-state index contributed by atoms with van der Waals surface area (Å²) in [7, 11) is 2.13. The van der Waals surface area contributed by atoms with Crippen molar-refractivity contribution in [2.75, 3.05) is 20.1 Å². The molecule has 0 saturated carbocycles. The molecule has 5 rings (SSSR count). The lowest BCUT2D eigenvalue weighted by molar-refractivity contribution is -0.122. The van der Waals surface area contributed by atoms with E-state index in [1.54, 1.807) is 11.0 Å². The van der Waals surface area contributed by atoms with Crippen LogP contribution in [-0.4, -0.2) is 45.2 Å². The number of hydrogen-bond acceptors (Lipinski definition) is 3. The second-order valence-electron chi connectivity index (χ2n) is 7.98. The van der Waals surface area contributed by atoms with Gasteiger partial charge in [0.25, 0.3) is 5.91 Å². The Bertz CT molecular complexity index is 1220. The third-order valence-electron chi connectivity index (χ3n) is 5.73. The van der Waals surface area contributed by atoms with Crippen molar-refractivity contribution in [1.82, 2.24) is 19.2 Å². The number of rotatable bonds is 2. The number of carbonyl (C=O) groups excluding carboxylic acids is 1. The van der Waals surface area contributed by atoms with Crippen LogP contribution in [0.25, 0.3) is 11.2 Å². The Morgan fingerprint density at radius 3 is 2.80 bits per heavy atom. The largest absolute Gasteiger partial charge is 0.306 e. The fraction of sp³-hybridized carbons (Fsp3) is 0.200. The van der Waals surface area contributed by atoms with E-state index in [9.17, 15) is 4.79 Å². The number of nitrogens with zero attached hydrogens (tertiary/aromatic N) is 4. The van der Waals surface area contributed by atoms with E-state index in [1.165, 1.54) is 5.57 Å². The molecule has 3 aliphatic heterocycles. The average Bonchev–Trinajstić information content (AvgIpc) is 3.11. The maximum absolute atomic E-state index is 13.2. The number of amides is 1. The van der Waals surface area contributed by atoms with Gasteiger partial charge in [-0.05, 0) is 67.0 Å². The SMILES string of the molecule is Cc1cn2cc(C3=C\C(=O)N4C=C(C5=CCN(C)CC5)C=C\C4=C/C=C/3)ccc2n1. The fourth-order valence-corrected chi connectivity index (χ4v) is 4.03. The first-order valence-electron chi connectivity index (χ1n) is 10.2. The highest BCUT2D eigenvalue weighted by Crippen LogP contribution is 2.28. The number of imidazole rings is 1. The van der Waals surface area contributed by atoms with Crippen LogP contribution in [0.4, 0.5) is 0 Å². The molecule has 0 unspecified atom stereocenters. The first-order chi connectivity index (χ1) is 14.6. The average molecular weight is 396 g/mol. The molecule has 150 valence electrons. The Morgan fingerprint density at radius 1 is 1.07 bits per heavy atom. The standard InChI is InChI=1S/C25H24N4O/c1-18-15-28-16-21(7-9-24(28)26-18)20-4-3-5-23-8-6-22(17-29(23)25(30)14-20)19-10-12-27(2)13-11-19/h3-10,14-17H,11-13H2,1-2H3/b4-3+,20-14+,23-5+. The second-order valence-corrected chi connectivity index (χ2v) is 7.98. The van der Waals surface area contributed by atoms with Gasteiger partial charge in [-0.15, -0.1) is 0 Å². The van der Waals surface area contributed by atoms with Crippen molar-refractivity contribution < 1.29 is 4.79 Å². The number of carbonyl (C=O) groups is 1. The van der Waals surface area contributed by atoms with Crippen LogP contribution in [0, 0.1) is 6.92 Å². The van der Waals surface area contributed by atoms with E-state index in [2.05, 4.69) is 29.1 Å². The first kappa shape index (κ1) is 18.6. The van der Waals surface area contributed by atoms with Gasteiger partial charge in [-0.2, -0.15) is 0 Å². The molecule has 1 amide bonds. The van der Waals surface area contributed by atoms with Crippen molar-refractivity contribution in [1.29, 1.82) is 0 Å². The lowest BCUT2D eigenvalue weighted by Crippen LogP contribution is -2.27. The summed E-state index contributed by atoms with van der Waals surface area (Å²) in [5, 5.41) is 0. The molecule has 5 nitrogen and oxygen atoms in total. The lowest BCUT2D eigenvalue weighted by Gasteiger charge is -2.27. The van der Waals surface area contributed by atoms with Gasteiger partial charge in [-0.1, -0.05) is 24.3 Å². The van der Waals surface area contributed by atoms with Gasteiger partial charge in [0.1, 0.15) is 5.65 Å². The van der Waals surface area contributed by atoms with Gasteiger partial charge in [-0.25, -0.2) is 4.98 Å². The Morgan fingerprint density at radius 2 is 1.97 bits per heavy atom. The van der Waals surface area contributed by atoms with Gasteiger partial charge in [0, 0.05) is 43.5 Å². The first-order valence-corrected chi connectivity index (χ1v) is 10.2. The van der Waals surface area contributed by atoms with Gasteiger partial charge in [-0.3, -0.25) is 9.69 Å². The normalized spacial score (nSPS) is 24.2. The molecule has 0 aliphatic carbocycles. The minimum Gasteiger partial charge on any atom is -0.306 e. The molecule has 0 radical (unpaired) electrons. The molecule has 0 fully saturated rings. The zero-order chi connectivity index (χ0) is 20.7. The number of pyridine rings is 1. The number of aryl methyl sites for hydroxylation is 1. The zero-order valence-corrected chi connectivity index (χ0v) is 17.2. The number of likely N-dealkylation sites (N-methyl/N-ethyl adjacent to an activating group) is 1. The van der Waals surface area contributed by atoms with Crippen LogP contribution < -0.4 is 0 Å². The molecular weight excluding hydrogens is 372 g/mol. The maximum Gasteiger partial charge on any atom is 0.255 e. The van der Waals surface area contributed by atoms with Crippen LogP contribution in [0.15, 0.2) is 90.1 Å². The van der Waals surface area contributed by atoms with Crippen molar-refractivity contribution in [3.05, 3.63) is 101 Å². The van der Waals surface area contributed by atoms with Crippen molar-refractivity contribution >= 4 is 17.1 Å². The van der Waals surface area contributed by atoms with Crippen molar-refractivity contribution in [3.63, 3.8) is 0 Å². The summed E-state index contributed by atoms with van der Waals surface area (Å²) in [4.78, 5) is 21.7. The molecule has 5 heteroatoms. The molecule has 0 bridgehead atoms. The van der Waals surface area contributed by atoms with Gasteiger partial charge in [0.2, 0.25) is 0 Å². The van der Waals surface area contributed by atoms with Gasteiger partial charge >= 0.3 is 0 Å². The van der Waals surface area contributed by atoms with Crippen molar-refractivity contribution in [3.8, 4) is 0 Å². The number of aromatic nitrogens is 2. The van der Waals surface area contributed by atoms with E-state index < -0.39 is 0 Å². The van der Waals surface area contributed by atoms with E-state index in [1.807, 2.05) is 66.4 Å². The van der Waals surface area contributed by atoms with Gasteiger partial charge in [0.15, 0.2) is 0 Å². The van der Waals surface area contributed by atoms with E-state index in [4.69, 9.17) is 0 Å². The van der Waals surface area contributed by atoms with Crippen molar-refractivity contribution in [2.45, 2.75) is 13.3 Å². The highest BCUT2D eigenvalue weighted by atomic mass is 16.2. The summed E-state index contributed by atoms with van der Waals surface area (Å²) in [6, 6.07) is 3.99. The monoisotopic (exact) mass is 396 g/mol. The fourth-order valence-electron chi connectivity index (χ4n) is 4.03. The Labute approximate surface area is 176 Å². The van der Waals surface area contributed by atoms with Gasteiger partial charge in [0.05, 0.1) is 5.69 Å². The van der Waals surface area contributed by atoms with Crippen LogP contribution in [0.1, 0.15) is 17.7 Å². The topological polar surface area (TPSA) is 40.9 Å². The minimum atomic E-state index is -0.0436. The molecular formula is C25H24N4O. The molecule has 0 saturated heterocycles. The van der Waals surface area contributed by atoms with Crippen LogP contribution in [0.2, 0.25) is 0 Å². The maximum atomic E-state index is 13.2. The summed E-state index contributed by atoms with van der Waals surface area (Å²) < 4.78 is 2.00. The second kappa shape index (κ2) is 7.43. The Balaban J connectivity index is 1.49. The number of hydrogen-bond donors (Lipinski definition) is 0. The molecule has 2 aromatic heterocycles. The van der Waals surface area contributed by atoms with E-state index in [-0.39, 0.29) is 5.91 Å². The summed E-state index contributed by atoms with van der Waals surface area (Å²) in [5.41, 5.74) is 7.04.